The maximum Gasteiger partial charge on any atom is 0.00695 e. The van der Waals surface area contributed by atoms with Crippen LogP contribution < -0.4 is 5.73 Å². The fraction of sp³-hybridized carbons (Fsp3) is 1.00. The molecule has 0 amide bonds. The molecule has 0 heterocycles. The highest BCUT2D eigenvalue weighted by Crippen LogP contribution is 2.29. The summed E-state index contributed by atoms with van der Waals surface area (Å²) in [7, 11) is 0. The number of nitrogens with two attached hydrogens (primary N) is 1. The normalized spacial score (nSPS) is 21.4. The molecule has 0 radical (unpaired) electrons. The van der Waals surface area contributed by atoms with Gasteiger partial charge in [-0.2, -0.15) is 0 Å². The zero-order chi connectivity index (χ0) is 10.4. The van der Waals surface area contributed by atoms with E-state index in [0.717, 1.165) is 11.8 Å². The van der Waals surface area contributed by atoms with Crippen molar-refractivity contribution < 1.29 is 0 Å². The minimum absolute atomic E-state index is 0.466. The molecule has 84 valence electrons. The molecule has 1 rings (SSSR count). The Morgan fingerprint density at radius 3 is 2.14 bits per heavy atom. The second-order valence-corrected chi connectivity index (χ2v) is 4.98. The van der Waals surface area contributed by atoms with Crippen LogP contribution in [0.4, 0.5) is 0 Å². The predicted molar refractivity (Wildman–Crippen MR) is 63.2 cm³/mol. The summed E-state index contributed by atoms with van der Waals surface area (Å²) < 4.78 is 0. The minimum Gasteiger partial charge on any atom is -0.327 e. The van der Waals surface area contributed by atoms with Crippen LogP contribution in [-0.2, 0) is 0 Å². The van der Waals surface area contributed by atoms with E-state index in [1.807, 2.05) is 0 Å². The van der Waals surface area contributed by atoms with Crippen LogP contribution >= 0.6 is 0 Å². The molecule has 1 fully saturated rings. The molecule has 1 nitrogen and oxygen atoms in total. The first kappa shape index (κ1) is 12.0. The molecule has 14 heavy (non-hydrogen) atoms. The van der Waals surface area contributed by atoms with Crippen molar-refractivity contribution in [3.63, 3.8) is 0 Å². The summed E-state index contributed by atoms with van der Waals surface area (Å²) in [5, 5.41) is 0. The molecule has 0 aromatic heterocycles. The van der Waals surface area contributed by atoms with Crippen molar-refractivity contribution in [2.75, 3.05) is 0 Å². The standard InChI is InChI=1S/C13H27N/c1-3-12(4-2)13(14)10-11-8-6-5-7-9-11/h11-13H,3-10,14H2,1-2H3/t13-/m0/s1. The number of hydrogen-bond donors (Lipinski definition) is 1. The van der Waals surface area contributed by atoms with Crippen molar-refractivity contribution >= 4 is 0 Å². The minimum atomic E-state index is 0.466. The van der Waals surface area contributed by atoms with E-state index in [0.29, 0.717) is 6.04 Å². The van der Waals surface area contributed by atoms with Crippen LogP contribution in [0, 0.1) is 11.8 Å². The topological polar surface area (TPSA) is 26.0 Å². The lowest BCUT2D eigenvalue weighted by Gasteiger charge is -2.28. The molecule has 1 atom stereocenters. The molecule has 0 aromatic carbocycles. The molecule has 1 aliphatic carbocycles. The van der Waals surface area contributed by atoms with Crippen molar-refractivity contribution in [3.05, 3.63) is 0 Å². The van der Waals surface area contributed by atoms with Crippen molar-refractivity contribution in [1.29, 1.82) is 0 Å². The summed E-state index contributed by atoms with van der Waals surface area (Å²) >= 11 is 0. The van der Waals surface area contributed by atoms with Crippen molar-refractivity contribution in [2.45, 2.75) is 71.3 Å². The number of hydrogen-bond acceptors (Lipinski definition) is 1. The maximum atomic E-state index is 6.27. The first-order valence-electron chi connectivity index (χ1n) is 6.53. The SMILES string of the molecule is CCC(CC)[C@@H](N)CC1CCCCC1. The van der Waals surface area contributed by atoms with E-state index in [1.54, 1.807) is 0 Å². The highest BCUT2D eigenvalue weighted by atomic mass is 14.6. The monoisotopic (exact) mass is 197 g/mol. The molecule has 0 unspecified atom stereocenters. The molecular weight excluding hydrogens is 170 g/mol. The average molecular weight is 197 g/mol. The maximum absolute atomic E-state index is 6.27. The van der Waals surface area contributed by atoms with Gasteiger partial charge in [0.25, 0.3) is 0 Å². The van der Waals surface area contributed by atoms with Gasteiger partial charge >= 0.3 is 0 Å². The Morgan fingerprint density at radius 2 is 1.64 bits per heavy atom. The van der Waals surface area contributed by atoms with Gasteiger partial charge in [0.15, 0.2) is 0 Å². The molecule has 1 aliphatic rings. The summed E-state index contributed by atoms with van der Waals surface area (Å²) in [6.07, 6.45) is 11.0. The van der Waals surface area contributed by atoms with Crippen LogP contribution in [0.5, 0.6) is 0 Å². The lowest BCUT2D eigenvalue weighted by Crippen LogP contribution is -2.32. The van der Waals surface area contributed by atoms with Gasteiger partial charge in [-0.05, 0) is 18.3 Å². The third-order valence-electron chi connectivity index (χ3n) is 3.98. The molecule has 0 saturated heterocycles. The molecule has 0 aliphatic heterocycles. The highest BCUT2D eigenvalue weighted by Gasteiger charge is 2.20. The van der Waals surface area contributed by atoms with Gasteiger partial charge in [-0.1, -0.05) is 58.8 Å². The Morgan fingerprint density at radius 1 is 1.07 bits per heavy atom. The van der Waals surface area contributed by atoms with Crippen LogP contribution in [0.1, 0.15) is 65.2 Å². The molecule has 2 N–H and O–H groups in total. The fourth-order valence-electron chi connectivity index (χ4n) is 2.89. The highest BCUT2D eigenvalue weighted by molar-refractivity contribution is 4.76. The molecule has 0 bridgehead atoms. The van der Waals surface area contributed by atoms with Crippen molar-refractivity contribution in [3.8, 4) is 0 Å². The summed E-state index contributed by atoms with van der Waals surface area (Å²) in [6, 6.07) is 0.466. The van der Waals surface area contributed by atoms with Gasteiger partial charge in [-0.25, -0.2) is 0 Å². The summed E-state index contributed by atoms with van der Waals surface area (Å²) in [6.45, 7) is 4.55. The van der Waals surface area contributed by atoms with E-state index < -0.39 is 0 Å². The zero-order valence-corrected chi connectivity index (χ0v) is 9.97. The molecule has 1 heteroatoms. The van der Waals surface area contributed by atoms with E-state index in [2.05, 4.69) is 13.8 Å². The van der Waals surface area contributed by atoms with Crippen molar-refractivity contribution in [2.24, 2.45) is 17.6 Å². The van der Waals surface area contributed by atoms with Crippen molar-refractivity contribution in [1.82, 2.24) is 0 Å². The molecular formula is C13H27N. The third kappa shape index (κ3) is 3.61. The van der Waals surface area contributed by atoms with Crippen LogP contribution in [0.15, 0.2) is 0 Å². The van der Waals surface area contributed by atoms with E-state index in [9.17, 15) is 0 Å². The summed E-state index contributed by atoms with van der Waals surface area (Å²) in [4.78, 5) is 0. The van der Waals surface area contributed by atoms with Crippen LogP contribution in [-0.4, -0.2) is 6.04 Å². The van der Waals surface area contributed by atoms with E-state index >= 15 is 0 Å². The van der Waals surface area contributed by atoms with Gasteiger partial charge in [-0.3, -0.25) is 0 Å². The fourth-order valence-corrected chi connectivity index (χ4v) is 2.89. The van der Waals surface area contributed by atoms with Gasteiger partial charge < -0.3 is 5.73 Å². The molecule has 0 spiro atoms. The smallest absolute Gasteiger partial charge is 0.00695 e. The van der Waals surface area contributed by atoms with Crippen LogP contribution in [0.25, 0.3) is 0 Å². The Bertz CT molecular complexity index is 134. The van der Waals surface area contributed by atoms with Crippen LogP contribution in [0.3, 0.4) is 0 Å². The Kier molecular flexibility index (Phi) is 5.54. The molecule has 0 aromatic rings. The van der Waals surface area contributed by atoms with E-state index in [-0.39, 0.29) is 0 Å². The second-order valence-electron chi connectivity index (χ2n) is 4.98. The predicted octanol–water partition coefficient (Wildman–Crippen LogP) is 3.72. The van der Waals surface area contributed by atoms with Gasteiger partial charge in [0.1, 0.15) is 0 Å². The second kappa shape index (κ2) is 6.44. The van der Waals surface area contributed by atoms with Crippen LogP contribution in [0.2, 0.25) is 0 Å². The quantitative estimate of drug-likeness (QED) is 0.714. The van der Waals surface area contributed by atoms with Gasteiger partial charge in [0.05, 0.1) is 0 Å². The average Bonchev–Trinajstić information content (AvgIpc) is 2.21. The van der Waals surface area contributed by atoms with E-state index in [4.69, 9.17) is 5.73 Å². The zero-order valence-electron chi connectivity index (χ0n) is 9.97. The molecule has 1 saturated carbocycles. The largest absolute Gasteiger partial charge is 0.327 e. The van der Waals surface area contributed by atoms with E-state index in [1.165, 1.54) is 51.4 Å². The Balaban J connectivity index is 2.26. The number of rotatable bonds is 5. The van der Waals surface area contributed by atoms with Gasteiger partial charge in [-0.15, -0.1) is 0 Å². The summed E-state index contributed by atoms with van der Waals surface area (Å²) in [5.41, 5.74) is 6.27. The Hall–Kier alpha value is -0.0400. The Labute approximate surface area is 89.5 Å². The third-order valence-corrected chi connectivity index (χ3v) is 3.98. The first-order valence-corrected chi connectivity index (χ1v) is 6.53. The van der Waals surface area contributed by atoms with Gasteiger partial charge in [0.2, 0.25) is 0 Å². The first-order chi connectivity index (χ1) is 6.77. The lowest BCUT2D eigenvalue weighted by atomic mass is 9.81. The summed E-state index contributed by atoms with van der Waals surface area (Å²) in [5.74, 6) is 1.70. The van der Waals surface area contributed by atoms with Gasteiger partial charge in [0, 0.05) is 6.04 Å². The lowest BCUT2D eigenvalue weighted by molar-refractivity contribution is 0.272.